The Balaban J connectivity index is 1.59. The summed E-state index contributed by atoms with van der Waals surface area (Å²) < 4.78 is 5.22. The molecule has 29 heavy (non-hydrogen) atoms. The average molecular weight is 395 g/mol. The normalized spacial score (nSPS) is 12.8. The summed E-state index contributed by atoms with van der Waals surface area (Å²) >= 11 is 0. The van der Waals surface area contributed by atoms with Gasteiger partial charge in [-0.1, -0.05) is 30.3 Å². The molecule has 0 saturated heterocycles. The molecule has 2 aromatic carbocycles. The van der Waals surface area contributed by atoms with Gasteiger partial charge in [0.05, 0.1) is 19.8 Å². The van der Waals surface area contributed by atoms with Gasteiger partial charge in [-0.05, 0) is 49.1 Å². The average Bonchev–Trinajstić information content (AvgIpc) is 3.16. The van der Waals surface area contributed by atoms with E-state index in [1.165, 1.54) is 22.0 Å². The van der Waals surface area contributed by atoms with Gasteiger partial charge < -0.3 is 25.5 Å². The number of fused-ring (bicyclic) bond motifs is 1. The molecular weight excluding hydrogens is 364 g/mol. The number of benzene rings is 2. The van der Waals surface area contributed by atoms with Gasteiger partial charge in [-0.3, -0.25) is 4.99 Å². The standard InChI is InChI=1S/C23H30N4O2/c1-4-24-23(27-15-21(28)17-8-6-9-19(13-17)29-3)25-12-11-18-14-26-22-16(2)7-5-10-20(18)22/h5-10,13-14,21,26,28H,4,11-12,15H2,1-3H3,(H2,24,25,27). The molecule has 0 spiro atoms. The van der Waals surface area contributed by atoms with Gasteiger partial charge in [0.1, 0.15) is 5.75 Å². The summed E-state index contributed by atoms with van der Waals surface area (Å²) in [6, 6.07) is 13.8. The quantitative estimate of drug-likeness (QED) is 0.349. The van der Waals surface area contributed by atoms with Crippen LogP contribution in [0.25, 0.3) is 10.9 Å². The van der Waals surface area contributed by atoms with Gasteiger partial charge >= 0.3 is 0 Å². The number of hydrogen-bond donors (Lipinski definition) is 4. The number of aromatic amines is 1. The van der Waals surface area contributed by atoms with E-state index in [2.05, 4.69) is 51.9 Å². The van der Waals surface area contributed by atoms with E-state index in [0.717, 1.165) is 30.8 Å². The van der Waals surface area contributed by atoms with E-state index in [1.807, 2.05) is 31.2 Å². The van der Waals surface area contributed by atoms with E-state index in [9.17, 15) is 5.11 Å². The number of aryl methyl sites for hydroxylation is 1. The zero-order chi connectivity index (χ0) is 20.6. The van der Waals surface area contributed by atoms with Gasteiger partial charge in [0, 0.05) is 30.2 Å². The number of nitrogens with one attached hydrogen (secondary N) is 3. The maximum absolute atomic E-state index is 10.5. The molecule has 1 heterocycles. The molecule has 1 unspecified atom stereocenters. The lowest BCUT2D eigenvalue weighted by molar-refractivity contribution is 0.186. The van der Waals surface area contributed by atoms with Gasteiger partial charge in [-0.2, -0.15) is 0 Å². The third-order valence-electron chi connectivity index (χ3n) is 4.94. The van der Waals surface area contributed by atoms with Crippen molar-refractivity contribution in [2.24, 2.45) is 4.99 Å². The highest BCUT2D eigenvalue weighted by Crippen LogP contribution is 2.21. The van der Waals surface area contributed by atoms with Crippen molar-refractivity contribution >= 4 is 16.9 Å². The van der Waals surface area contributed by atoms with Crippen LogP contribution in [0.4, 0.5) is 0 Å². The lowest BCUT2D eigenvalue weighted by Crippen LogP contribution is -2.38. The van der Waals surface area contributed by atoms with Gasteiger partial charge in [-0.15, -0.1) is 0 Å². The number of nitrogens with zero attached hydrogens (tertiary/aromatic N) is 1. The molecule has 0 amide bonds. The third kappa shape index (κ3) is 5.29. The van der Waals surface area contributed by atoms with Crippen LogP contribution in [0.15, 0.2) is 53.7 Å². The number of aliphatic hydroxyl groups excluding tert-OH is 1. The van der Waals surface area contributed by atoms with Crippen LogP contribution in [0.1, 0.15) is 29.7 Å². The highest BCUT2D eigenvalue weighted by molar-refractivity contribution is 5.86. The molecule has 6 heteroatoms. The van der Waals surface area contributed by atoms with Crippen molar-refractivity contribution in [1.29, 1.82) is 0 Å². The first-order chi connectivity index (χ1) is 14.1. The van der Waals surface area contributed by atoms with E-state index < -0.39 is 6.10 Å². The van der Waals surface area contributed by atoms with Crippen LogP contribution in [0.2, 0.25) is 0 Å². The van der Waals surface area contributed by atoms with Crippen LogP contribution in [0, 0.1) is 6.92 Å². The molecule has 0 aliphatic heterocycles. The van der Waals surface area contributed by atoms with Crippen molar-refractivity contribution < 1.29 is 9.84 Å². The molecule has 0 aliphatic rings. The fourth-order valence-electron chi connectivity index (χ4n) is 3.36. The zero-order valence-corrected chi connectivity index (χ0v) is 17.3. The Morgan fingerprint density at radius 2 is 2.03 bits per heavy atom. The second-order valence-corrected chi connectivity index (χ2v) is 7.00. The topological polar surface area (TPSA) is 81.7 Å². The molecule has 154 valence electrons. The summed E-state index contributed by atoms with van der Waals surface area (Å²) in [7, 11) is 1.62. The minimum Gasteiger partial charge on any atom is -0.497 e. The number of methoxy groups -OCH3 is 1. The Labute approximate surface area is 172 Å². The number of hydrogen-bond acceptors (Lipinski definition) is 3. The lowest BCUT2D eigenvalue weighted by atomic mass is 10.1. The molecule has 4 N–H and O–H groups in total. The Bertz CT molecular complexity index is 964. The molecule has 0 bridgehead atoms. The molecule has 0 aliphatic carbocycles. The number of aromatic nitrogens is 1. The van der Waals surface area contributed by atoms with Crippen LogP contribution in [0.5, 0.6) is 5.75 Å². The number of aliphatic imine (C=N–C) groups is 1. The van der Waals surface area contributed by atoms with Crippen molar-refractivity contribution in [1.82, 2.24) is 15.6 Å². The fourth-order valence-corrected chi connectivity index (χ4v) is 3.36. The van der Waals surface area contributed by atoms with Crippen molar-refractivity contribution in [3.8, 4) is 5.75 Å². The highest BCUT2D eigenvalue weighted by Gasteiger charge is 2.09. The van der Waals surface area contributed by atoms with Crippen molar-refractivity contribution in [3.05, 3.63) is 65.4 Å². The van der Waals surface area contributed by atoms with Crippen LogP contribution in [0.3, 0.4) is 0 Å². The Morgan fingerprint density at radius 1 is 1.21 bits per heavy atom. The minimum atomic E-state index is -0.683. The Kier molecular flexibility index (Phi) is 7.14. The maximum Gasteiger partial charge on any atom is 0.191 e. The van der Waals surface area contributed by atoms with Crippen molar-refractivity contribution in [2.45, 2.75) is 26.4 Å². The summed E-state index contributed by atoms with van der Waals surface area (Å²) in [4.78, 5) is 7.91. The smallest absolute Gasteiger partial charge is 0.191 e. The van der Waals surface area contributed by atoms with Gasteiger partial charge in [0.15, 0.2) is 5.96 Å². The predicted octanol–water partition coefficient (Wildman–Crippen LogP) is 3.32. The second-order valence-electron chi connectivity index (χ2n) is 7.00. The van der Waals surface area contributed by atoms with Gasteiger partial charge in [0.25, 0.3) is 0 Å². The first kappa shape index (κ1) is 20.7. The SMILES string of the molecule is CCNC(=NCC(O)c1cccc(OC)c1)NCCc1c[nH]c2c(C)cccc12. The molecule has 1 atom stereocenters. The summed E-state index contributed by atoms with van der Waals surface area (Å²) in [5.41, 5.74) is 4.52. The molecule has 0 saturated carbocycles. The summed E-state index contributed by atoms with van der Waals surface area (Å²) in [6.45, 7) is 5.92. The molecule has 1 aromatic heterocycles. The molecule has 6 nitrogen and oxygen atoms in total. The summed E-state index contributed by atoms with van der Waals surface area (Å²) in [6.07, 6.45) is 2.28. The van der Waals surface area contributed by atoms with Crippen LogP contribution in [-0.4, -0.2) is 42.8 Å². The molecule has 3 rings (SSSR count). The Hall–Kier alpha value is -2.99. The number of para-hydroxylation sites is 1. The van der Waals surface area contributed by atoms with E-state index >= 15 is 0 Å². The van der Waals surface area contributed by atoms with Crippen molar-refractivity contribution in [3.63, 3.8) is 0 Å². The van der Waals surface area contributed by atoms with E-state index in [0.29, 0.717) is 5.96 Å². The lowest BCUT2D eigenvalue weighted by Gasteiger charge is -2.14. The minimum absolute atomic E-state index is 0.273. The largest absolute Gasteiger partial charge is 0.497 e. The number of H-pyrrole nitrogens is 1. The number of guanidine groups is 1. The molecule has 0 radical (unpaired) electrons. The van der Waals surface area contributed by atoms with Crippen LogP contribution >= 0.6 is 0 Å². The van der Waals surface area contributed by atoms with Crippen molar-refractivity contribution in [2.75, 3.05) is 26.7 Å². The second kappa shape index (κ2) is 9.98. The van der Waals surface area contributed by atoms with Gasteiger partial charge in [0.2, 0.25) is 0 Å². The predicted molar refractivity (Wildman–Crippen MR) is 119 cm³/mol. The van der Waals surface area contributed by atoms with Crippen LogP contribution < -0.4 is 15.4 Å². The number of rotatable bonds is 8. The summed E-state index contributed by atoms with van der Waals surface area (Å²) in [5.74, 6) is 1.43. The van der Waals surface area contributed by atoms with E-state index in [-0.39, 0.29) is 6.54 Å². The summed E-state index contributed by atoms with van der Waals surface area (Å²) in [5, 5.41) is 18.3. The maximum atomic E-state index is 10.5. The third-order valence-corrected chi connectivity index (χ3v) is 4.94. The van der Waals surface area contributed by atoms with E-state index in [4.69, 9.17) is 4.74 Å². The first-order valence-corrected chi connectivity index (χ1v) is 10.0. The number of ether oxygens (including phenoxy) is 1. The van der Waals surface area contributed by atoms with E-state index in [1.54, 1.807) is 7.11 Å². The molecule has 0 fully saturated rings. The Morgan fingerprint density at radius 3 is 2.83 bits per heavy atom. The molecule has 3 aromatic rings. The first-order valence-electron chi connectivity index (χ1n) is 10.0. The zero-order valence-electron chi connectivity index (χ0n) is 17.3. The van der Waals surface area contributed by atoms with Crippen LogP contribution in [-0.2, 0) is 6.42 Å². The number of aliphatic hydroxyl groups is 1. The highest BCUT2D eigenvalue weighted by atomic mass is 16.5. The molecular formula is C23H30N4O2. The monoisotopic (exact) mass is 394 g/mol. The fraction of sp³-hybridized carbons (Fsp3) is 0.348. The van der Waals surface area contributed by atoms with Gasteiger partial charge in [-0.25, -0.2) is 0 Å².